The molecule has 0 spiro atoms. The number of ether oxygens (including phenoxy) is 1. The molecular formula is C12H17BrO3S. The number of hydrogen-bond acceptors (Lipinski definition) is 3. The summed E-state index contributed by atoms with van der Waals surface area (Å²) in [5.74, 6) is 0.950. The number of methoxy groups -OCH3 is 1. The summed E-state index contributed by atoms with van der Waals surface area (Å²) in [6, 6.07) is 3.91. The molecule has 0 fully saturated rings. The number of sulfone groups is 1. The lowest BCUT2D eigenvalue weighted by atomic mass is 10.0. The highest BCUT2D eigenvalue weighted by molar-refractivity contribution is 9.09. The lowest BCUT2D eigenvalue weighted by Crippen LogP contribution is -2.09. The van der Waals surface area contributed by atoms with Crippen LogP contribution in [0.3, 0.4) is 0 Å². The first kappa shape index (κ1) is 14.5. The Labute approximate surface area is 111 Å². The Bertz CT molecular complexity index is 485. The molecule has 17 heavy (non-hydrogen) atoms. The van der Waals surface area contributed by atoms with Crippen molar-refractivity contribution in [2.24, 2.45) is 0 Å². The van der Waals surface area contributed by atoms with Gasteiger partial charge in [-0.25, -0.2) is 8.42 Å². The van der Waals surface area contributed by atoms with Crippen molar-refractivity contribution in [3.8, 4) is 5.75 Å². The summed E-state index contributed by atoms with van der Waals surface area (Å²) in [6.45, 7) is 3.91. The molecular weight excluding hydrogens is 304 g/mol. The highest BCUT2D eigenvalue weighted by Gasteiger charge is 2.16. The number of aryl methyl sites for hydroxylation is 2. The Morgan fingerprint density at radius 1 is 1.29 bits per heavy atom. The van der Waals surface area contributed by atoms with Crippen molar-refractivity contribution in [1.29, 1.82) is 0 Å². The quantitative estimate of drug-likeness (QED) is 0.801. The predicted octanol–water partition coefficient (Wildman–Crippen LogP) is 2.79. The fourth-order valence-electron chi connectivity index (χ4n) is 1.85. The second kappa shape index (κ2) is 5.40. The van der Waals surface area contributed by atoms with Gasteiger partial charge in [-0.3, -0.25) is 0 Å². The molecule has 0 amide bonds. The molecule has 5 heteroatoms. The molecule has 0 aliphatic rings. The standard InChI is InChI=1S/C12H17BrO3S/c1-8-5-10(6-9(2)12(8)16-3)11(13)7-17(4,14)15/h5-6,11H,7H2,1-4H3. The van der Waals surface area contributed by atoms with E-state index in [4.69, 9.17) is 4.74 Å². The third-order valence-electron chi connectivity index (χ3n) is 2.50. The molecule has 96 valence electrons. The molecule has 0 radical (unpaired) electrons. The molecule has 0 heterocycles. The minimum Gasteiger partial charge on any atom is -0.496 e. The summed E-state index contributed by atoms with van der Waals surface area (Å²) in [4.78, 5) is -0.180. The lowest BCUT2D eigenvalue weighted by Gasteiger charge is -2.14. The molecule has 0 saturated carbocycles. The minimum absolute atomic E-state index is 0.0954. The van der Waals surface area contributed by atoms with Gasteiger partial charge in [0.1, 0.15) is 15.6 Å². The zero-order valence-corrected chi connectivity index (χ0v) is 12.9. The van der Waals surface area contributed by atoms with E-state index >= 15 is 0 Å². The zero-order chi connectivity index (χ0) is 13.2. The van der Waals surface area contributed by atoms with E-state index in [-0.39, 0.29) is 10.6 Å². The van der Waals surface area contributed by atoms with E-state index < -0.39 is 9.84 Å². The molecule has 0 N–H and O–H groups in total. The van der Waals surface area contributed by atoms with Gasteiger partial charge in [-0.2, -0.15) is 0 Å². The van der Waals surface area contributed by atoms with Crippen molar-refractivity contribution in [2.75, 3.05) is 19.1 Å². The van der Waals surface area contributed by atoms with Crippen LogP contribution in [0.2, 0.25) is 0 Å². The maximum absolute atomic E-state index is 11.3. The molecule has 1 rings (SSSR count). The van der Waals surface area contributed by atoms with Crippen LogP contribution in [0.15, 0.2) is 12.1 Å². The average Bonchev–Trinajstić information content (AvgIpc) is 2.14. The van der Waals surface area contributed by atoms with Gasteiger partial charge >= 0.3 is 0 Å². The molecule has 1 atom stereocenters. The van der Waals surface area contributed by atoms with Crippen LogP contribution in [-0.2, 0) is 9.84 Å². The highest BCUT2D eigenvalue weighted by atomic mass is 79.9. The number of alkyl halides is 1. The van der Waals surface area contributed by atoms with Gasteiger partial charge in [0, 0.05) is 6.26 Å². The van der Waals surface area contributed by atoms with Gasteiger partial charge in [0.25, 0.3) is 0 Å². The number of hydrogen-bond donors (Lipinski definition) is 0. The first-order valence-electron chi connectivity index (χ1n) is 5.21. The summed E-state index contributed by atoms with van der Waals surface area (Å²) in [7, 11) is -1.35. The van der Waals surface area contributed by atoms with Crippen molar-refractivity contribution < 1.29 is 13.2 Å². The summed E-state index contributed by atoms with van der Waals surface area (Å²) < 4.78 is 27.8. The topological polar surface area (TPSA) is 43.4 Å². The molecule has 1 aromatic carbocycles. The predicted molar refractivity (Wildman–Crippen MR) is 73.8 cm³/mol. The Morgan fingerprint density at radius 3 is 2.12 bits per heavy atom. The SMILES string of the molecule is COc1c(C)cc(C(Br)CS(C)(=O)=O)cc1C. The molecule has 0 aliphatic heterocycles. The largest absolute Gasteiger partial charge is 0.496 e. The maximum atomic E-state index is 11.3. The molecule has 0 aromatic heterocycles. The van der Waals surface area contributed by atoms with Crippen LogP contribution in [-0.4, -0.2) is 27.5 Å². The first-order valence-corrected chi connectivity index (χ1v) is 8.19. The van der Waals surface area contributed by atoms with Crippen LogP contribution >= 0.6 is 15.9 Å². The van der Waals surface area contributed by atoms with E-state index in [0.717, 1.165) is 22.4 Å². The molecule has 0 bridgehead atoms. The van der Waals surface area contributed by atoms with Gasteiger partial charge in [-0.1, -0.05) is 28.1 Å². The lowest BCUT2D eigenvalue weighted by molar-refractivity contribution is 0.408. The second-order valence-electron chi connectivity index (χ2n) is 4.25. The average molecular weight is 321 g/mol. The Balaban J connectivity index is 3.08. The fraction of sp³-hybridized carbons (Fsp3) is 0.500. The van der Waals surface area contributed by atoms with Crippen molar-refractivity contribution in [1.82, 2.24) is 0 Å². The van der Waals surface area contributed by atoms with Gasteiger partial charge in [0.15, 0.2) is 0 Å². The van der Waals surface area contributed by atoms with Crippen molar-refractivity contribution >= 4 is 25.8 Å². The Morgan fingerprint density at radius 2 is 1.76 bits per heavy atom. The van der Waals surface area contributed by atoms with Crippen LogP contribution in [0.5, 0.6) is 5.75 Å². The third kappa shape index (κ3) is 4.00. The van der Waals surface area contributed by atoms with Gasteiger partial charge in [0.2, 0.25) is 0 Å². The molecule has 0 aliphatic carbocycles. The number of benzene rings is 1. The highest BCUT2D eigenvalue weighted by Crippen LogP contribution is 2.31. The van der Waals surface area contributed by atoms with Crippen LogP contribution < -0.4 is 4.74 Å². The second-order valence-corrected chi connectivity index (χ2v) is 7.54. The first-order chi connectivity index (χ1) is 7.74. The summed E-state index contributed by atoms with van der Waals surface area (Å²) >= 11 is 3.42. The van der Waals surface area contributed by atoms with E-state index in [1.54, 1.807) is 7.11 Å². The number of rotatable bonds is 4. The summed E-state index contributed by atoms with van der Waals surface area (Å²) in [6.07, 6.45) is 1.24. The van der Waals surface area contributed by atoms with E-state index in [0.29, 0.717) is 0 Å². The van der Waals surface area contributed by atoms with Crippen molar-refractivity contribution in [3.05, 3.63) is 28.8 Å². The normalized spacial score (nSPS) is 13.5. The van der Waals surface area contributed by atoms with Gasteiger partial charge in [0.05, 0.1) is 17.7 Å². The summed E-state index contributed by atoms with van der Waals surface area (Å²) in [5.41, 5.74) is 2.99. The molecule has 1 aromatic rings. The molecule has 1 unspecified atom stereocenters. The minimum atomic E-state index is -2.99. The molecule has 0 saturated heterocycles. The third-order valence-corrected chi connectivity index (χ3v) is 4.72. The van der Waals surface area contributed by atoms with E-state index in [9.17, 15) is 8.42 Å². The van der Waals surface area contributed by atoms with Crippen LogP contribution in [0, 0.1) is 13.8 Å². The van der Waals surface area contributed by atoms with Crippen LogP contribution in [0.4, 0.5) is 0 Å². The Kier molecular flexibility index (Phi) is 4.61. The van der Waals surface area contributed by atoms with Crippen molar-refractivity contribution in [3.63, 3.8) is 0 Å². The van der Waals surface area contributed by atoms with E-state index in [1.807, 2.05) is 26.0 Å². The Hall–Kier alpha value is -0.550. The zero-order valence-electron chi connectivity index (χ0n) is 10.5. The van der Waals surface area contributed by atoms with Gasteiger partial charge in [-0.15, -0.1) is 0 Å². The number of halogens is 1. The van der Waals surface area contributed by atoms with Gasteiger partial charge < -0.3 is 4.74 Å². The van der Waals surface area contributed by atoms with Crippen molar-refractivity contribution in [2.45, 2.75) is 18.7 Å². The van der Waals surface area contributed by atoms with Gasteiger partial charge in [-0.05, 0) is 30.5 Å². The van der Waals surface area contributed by atoms with E-state index in [2.05, 4.69) is 15.9 Å². The van der Waals surface area contributed by atoms with Crippen LogP contribution in [0.25, 0.3) is 0 Å². The summed E-state index contributed by atoms with van der Waals surface area (Å²) in [5, 5.41) is 0. The smallest absolute Gasteiger partial charge is 0.148 e. The monoisotopic (exact) mass is 320 g/mol. The fourth-order valence-corrected chi connectivity index (χ4v) is 4.28. The van der Waals surface area contributed by atoms with E-state index in [1.165, 1.54) is 6.26 Å². The maximum Gasteiger partial charge on any atom is 0.148 e. The molecule has 3 nitrogen and oxygen atoms in total. The van der Waals surface area contributed by atoms with Crippen LogP contribution in [0.1, 0.15) is 21.5 Å².